The average molecular weight is 536 g/mol. The number of piperidine rings is 1. The van der Waals surface area contributed by atoms with Crippen molar-refractivity contribution in [3.05, 3.63) is 82.5 Å². The van der Waals surface area contributed by atoms with Crippen LogP contribution in [0.4, 0.5) is 5.82 Å². The molecular weight excluding hydrogens is 502 g/mol. The fourth-order valence-electron chi connectivity index (χ4n) is 4.92. The zero-order chi connectivity index (χ0) is 25.6. The third kappa shape index (κ3) is 7.03. The van der Waals surface area contributed by atoms with Crippen LogP contribution in [0, 0.1) is 5.92 Å². The molecule has 2 saturated heterocycles. The number of halogens is 1. The summed E-state index contributed by atoms with van der Waals surface area (Å²) in [4.78, 5) is 29.1. The lowest BCUT2D eigenvalue weighted by Crippen LogP contribution is -2.48. The van der Waals surface area contributed by atoms with Gasteiger partial charge in [0, 0.05) is 63.2 Å². The summed E-state index contributed by atoms with van der Waals surface area (Å²) in [5.74, 6) is 2.45. The molecule has 5 rings (SSSR count). The number of amides is 1. The Kier molecular flexibility index (Phi) is 8.64. The van der Waals surface area contributed by atoms with Crippen LogP contribution in [0.1, 0.15) is 41.3 Å². The molecule has 37 heavy (non-hydrogen) atoms. The first-order valence-electron chi connectivity index (χ1n) is 13.1. The van der Waals surface area contributed by atoms with E-state index in [1.165, 1.54) is 18.4 Å². The third-order valence-electron chi connectivity index (χ3n) is 7.22. The van der Waals surface area contributed by atoms with Crippen molar-refractivity contribution in [2.24, 2.45) is 5.92 Å². The minimum absolute atomic E-state index is 0.104. The van der Waals surface area contributed by atoms with Crippen LogP contribution in [0.5, 0.6) is 0 Å². The molecule has 0 spiro atoms. The molecule has 2 aliphatic heterocycles. The second-order valence-corrected chi connectivity index (χ2v) is 11.4. The summed E-state index contributed by atoms with van der Waals surface area (Å²) in [6.45, 7) is 8.52. The lowest BCUT2D eigenvalue weighted by atomic mass is 9.99. The van der Waals surface area contributed by atoms with Crippen molar-refractivity contribution in [2.45, 2.75) is 37.2 Å². The van der Waals surface area contributed by atoms with E-state index < -0.39 is 0 Å². The van der Waals surface area contributed by atoms with Gasteiger partial charge in [0.05, 0.1) is 0 Å². The molecule has 194 valence electrons. The zero-order valence-electron chi connectivity index (χ0n) is 21.4. The van der Waals surface area contributed by atoms with Crippen LogP contribution in [0.3, 0.4) is 0 Å². The molecule has 8 heteroatoms. The maximum atomic E-state index is 13.2. The second kappa shape index (κ2) is 12.3. The SMILES string of the molecule is CC1CCN(c2cc(Cl)nc(SCc3cccc(C(=O)N4CCN(Cc5ccccc5)CC4)c3)n2)CC1. The van der Waals surface area contributed by atoms with Gasteiger partial charge in [-0.05, 0) is 42.0 Å². The number of hydrogen-bond donors (Lipinski definition) is 0. The molecule has 2 aromatic carbocycles. The van der Waals surface area contributed by atoms with Gasteiger partial charge in [-0.3, -0.25) is 9.69 Å². The normalized spacial score (nSPS) is 17.2. The number of anilines is 1. The summed E-state index contributed by atoms with van der Waals surface area (Å²) in [5, 5.41) is 1.15. The lowest BCUT2D eigenvalue weighted by molar-refractivity contribution is 0.0628. The van der Waals surface area contributed by atoms with Gasteiger partial charge in [0.2, 0.25) is 0 Å². The predicted octanol–water partition coefficient (Wildman–Crippen LogP) is 5.62. The van der Waals surface area contributed by atoms with E-state index in [4.69, 9.17) is 16.6 Å². The van der Waals surface area contributed by atoms with Gasteiger partial charge in [0.15, 0.2) is 5.16 Å². The van der Waals surface area contributed by atoms with Crippen LogP contribution in [0.2, 0.25) is 5.15 Å². The molecule has 0 atom stereocenters. The first-order valence-corrected chi connectivity index (χ1v) is 14.5. The van der Waals surface area contributed by atoms with E-state index >= 15 is 0 Å². The fourth-order valence-corrected chi connectivity index (χ4v) is 5.95. The maximum absolute atomic E-state index is 13.2. The summed E-state index contributed by atoms with van der Waals surface area (Å²) < 4.78 is 0. The molecule has 6 nitrogen and oxygen atoms in total. The molecule has 0 N–H and O–H groups in total. The van der Waals surface area contributed by atoms with E-state index in [-0.39, 0.29) is 5.91 Å². The molecular formula is C29H34ClN5OS. The van der Waals surface area contributed by atoms with Gasteiger partial charge in [-0.2, -0.15) is 0 Å². The highest BCUT2D eigenvalue weighted by atomic mass is 35.5. The minimum atomic E-state index is 0.104. The Hall–Kier alpha value is -2.61. The standard InChI is InChI=1S/C29H34ClN5OS/c1-22-10-12-34(13-11-22)27-19-26(30)31-29(32-27)37-21-24-8-5-9-25(18-24)28(36)35-16-14-33(15-17-35)20-23-6-3-2-4-7-23/h2-9,18-19,22H,10-17,20-21H2,1H3. The highest BCUT2D eigenvalue weighted by Crippen LogP contribution is 2.27. The maximum Gasteiger partial charge on any atom is 0.253 e. The average Bonchev–Trinajstić information content (AvgIpc) is 2.93. The number of nitrogens with zero attached hydrogens (tertiary/aromatic N) is 5. The van der Waals surface area contributed by atoms with E-state index in [1.807, 2.05) is 35.2 Å². The number of hydrogen-bond acceptors (Lipinski definition) is 6. The molecule has 0 aliphatic carbocycles. The van der Waals surface area contributed by atoms with Crippen LogP contribution in [-0.4, -0.2) is 64.9 Å². The zero-order valence-corrected chi connectivity index (χ0v) is 22.9. The van der Waals surface area contributed by atoms with Gasteiger partial charge in [-0.15, -0.1) is 0 Å². The lowest BCUT2D eigenvalue weighted by Gasteiger charge is -2.34. The predicted molar refractivity (Wildman–Crippen MR) is 151 cm³/mol. The molecule has 3 heterocycles. The van der Waals surface area contributed by atoms with Crippen LogP contribution in [-0.2, 0) is 12.3 Å². The Labute approximate surface area is 229 Å². The molecule has 0 bridgehead atoms. The number of aromatic nitrogens is 2. The Morgan fingerprint density at radius 1 is 0.919 bits per heavy atom. The molecule has 2 fully saturated rings. The molecule has 1 aromatic heterocycles. The highest BCUT2D eigenvalue weighted by molar-refractivity contribution is 7.98. The van der Waals surface area contributed by atoms with Crippen molar-refractivity contribution < 1.29 is 4.79 Å². The molecule has 0 saturated carbocycles. The first kappa shape index (κ1) is 26.0. The molecule has 1 amide bonds. The van der Waals surface area contributed by atoms with Crippen molar-refractivity contribution in [2.75, 3.05) is 44.2 Å². The third-order valence-corrected chi connectivity index (χ3v) is 8.33. The highest BCUT2D eigenvalue weighted by Gasteiger charge is 2.23. The Morgan fingerprint density at radius 3 is 2.41 bits per heavy atom. The topological polar surface area (TPSA) is 52.6 Å². The summed E-state index contributed by atoms with van der Waals surface area (Å²) in [7, 11) is 0. The Balaban J connectivity index is 1.16. The molecule has 0 unspecified atom stereocenters. The van der Waals surface area contributed by atoms with Crippen molar-refractivity contribution in [3.8, 4) is 0 Å². The number of benzene rings is 2. The Morgan fingerprint density at radius 2 is 1.65 bits per heavy atom. The van der Waals surface area contributed by atoms with Crippen LogP contribution in [0.15, 0.2) is 65.8 Å². The number of carbonyl (C=O) groups excluding carboxylic acids is 1. The van der Waals surface area contributed by atoms with Gasteiger partial charge in [0.1, 0.15) is 11.0 Å². The van der Waals surface area contributed by atoms with Crippen molar-refractivity contribution in [1.82, 2.24) is 19.8 Å². The quantitative estimate of drug-likeness (QED) is 0.222. The summed E-state index contributed by atoms with van der Waals surface area (Å²) in [6, 6.07) is 20.3. The van der Waals surface area contributed by atoms with Crippen molar-refractivity contribution in [3.63, 3.8) is 0 Å². The van der Waals surface area contributed by atoms with Crippen LogP contribution < -0.4 is 4.90 Å². The molecule has 3 aromatic rings. The first-order chi connectivity index (χ1) is 18.0. The summed E-state index contributed by atoms with van der Waals surface area (Å²) >= 11 is 7.90. The van der Waals surface area contributed by atoms with Crippen molar-refractivity contribution >= 4 is 35.1 Å². The summed E-state index contributed by atoms with van der Waals surface area (Å²) in [6.07, 6.45) is 2.35. The van der Waals surface area contributed by atoms with Gasteiger partial charge < -0.3 is 9.80 Å². The van der Waals surface area contributed by atoms with Crippen LogP contribution >= 0.6 is 23.4 Å². The van der Waals surface area contributed by atoms with E-state index in [2.05, 4.69) is 52.0 Å². The van der Waals surface area contributed by atoms with E-state index in [1.54, 1.807) is 11.8 Å². The Bertz CT molecular complexity index is 1190. The van der Waals surface area contributed by atoms with Gasteiger partial charge in [-0.1, -0.05) is 72.8 Å². The fraction of sp³-hybridized carbons (Fsp3) is 0.414. The minimum Gasteiger partial charge on any atom is -0.356 e. The van der Waals surface area contributed by atoms with Gasteiger partial charge >= 0.3 is 0 Å². The molecule has 0 radical (unpaired) electrons. The van der Waals surface area contributed by atoms with Crippen LogP contribution in [0.25, 0.3) is 0 Å². The number of piperazine rings is 1. The molecule has 2 aliphatic rings. The smallest absolute Gasteiger partial charge is 0.253 e. The summed E-state index contributed by atoms with van der Waals surface area (Å²) in [5.41, 5.74) is 3.13. The number of carbonyl (C=O) groups is 1. The van der Waals surface area contributed by atoms with Gasteiger partial charge in [-0.25, -0.2) is 9.97 Å². The van der Waals surface area contributed by atoms with Gasteiger partial charge in [0.25, 0.3) is 5.91 Å². The van der Waals surface area contributed by atoms with Crippen molar-refractivity contribution in [1.29, 1.82) is 0 Å². The number of rotatable bonds is 7. The number of thioether (sulfide) groups is 1. The van der Waals surface area contributed by atoms with E-state index in [0.29, 0.717) is 16.1 Å². The monoisotopic (exact) mass is 535 g/mol. The second-order valence-electron chi connectivity index (χ2n) is 10.0. The van der Waals surface area contributed by atoms with E-state index in [0.717, 1.165) is 68.7 Å². The largest absolute Gasteiger partial charge is 0.356 e. The van der Waals surface area contributed by atoms with E-state index in [9.17, 15) is 4.79 Å².